The van der Waals surface area contributed by atoms with Gasteiger partial charge in [0.2, 0.25) is 0 Å². The molecule has 12 heavy (non-hydrogen) atoms. The molecule has 0 spiro atoms. The highest BCUT2D eigenvalue weighted by Crippen LogP contribution is 2.03. The molecule has 0 rings (SSSR count). The van der Waals surface area contributed by atoms with E-state index in [0.29, 0.717) is 0 Å². The zero-order valence-corrected chi connectivity index (χ0v) is 9.14. The van der Waals surface area contributed by atoms with Crippen LogP contribution in [0.2, 0.25) is 0 Å². The Morgan fingerprint density at radius 1 is 1.00 bits per heavy atom. The van der Waals surface area contributed by atoms with E-state index in [9.17, 15) is 0 Å². The molecule has 0 bridgehead atoms. The molecule has 0 aromatic heterocycles. The molecule has 0 amide bonds. The lowest BCUT2D eigenvalue weighted by molar-refractivity contribution is 0.223. The van der Waals surface area contributed by atoms with Crippen molar-refractivity contribution >= 4 is 0 Å². The Labute approximate surface area is 78.1 Å². The predicted octanol–water partition coefficient (Wildman–Crippen LogP) is 2.82. The molecule has 0 aliphatic carbocycles. The standard InChI is InChI=1S/C11H24N/c1-6-7-12(8-10(2)3)9-11(4)5/h10-11H,1,6-9H2,2-5H3. The summed E-state index contributed by atoms with van der Waals surface area (Å²) < 4.78 is 0. The van der Waals surface area contributed by atoms with E-state index in [-0.39, 0.29) is 0 Å². The van der Waals surface area contributed by atoms with Crippen LogP contribution in [0.4, 0.5) is 0 Å². The van der Waals surface area contributed by atoms with Crippen LogP contribution in [0, 0.1) is 18.8 Å². The Balaban J connectivity index is 3.69. The van der Waals surface area contributed by atoms with E-state index >= 15 is 0 Å². The van der Waals surface area contributed by atoms with Crippen LogP contribution >= 0.6 is 0 Å². The summed E-state index contributed by atoms with van der Waals surface area (Å²) in [5.41, 5.74) is 0. The van der Waals surface area contributed by atoms with Crippen LogP contribution in [0.25, 0.3) is 0 Å². The van der Waals surface area contributed by atoms with Gasteiger partial charge in [-0.2, -0.15) is 0 Å². The maximum atomic E-state index is 3.90. The lowest BCUT2D eigenvalue weighted by atomic mass is 10.1. The summed E-state index contributed by atoms with van der Waals surface area (Å²) in [4.78, 5) is 2.52. The molecule has 0 atom stereocenters. The van der Waals surface area contributed by atoms with E-state index in [1.54, 1.807) is 0 Å². The third-order valence-electron chi connectivity index (χ3n) is 1.72. The second kappa shape index (κ2) is 6.47. The highest BCUT2D eigenvalue weighted by atomic mass is 15.1. The summed E-state index contributed by atoms with van der Waals surface area (Å²) >= 11 is 0. The van der Waals surface area contributed by atoms with Crippen molar-refractivity contribution in [1.82, 2.24) is 4.90 Å². The number of nitrogens with zero attached hydrogens (tertiary/aromatic N) is 1. The van der Waals surface area contributed by atoms with Gasteiger partial charge in [-0.15, -0.1) is 0 Å². The summed E-state index contributed by atoms with van der Waals surface area (Å²) in [5, 5.41) is 0. The average molecular weight is 170 g/mol. The van der Waals surface area contributed by atoms with Crippen molar-refractivity contribution < 1.29 is 0 Å². The molecule has 0 aliphatic rings. The predicted molar refractivity (Wildman–Crippen MR) is 56.1 cm³/mol. The van der Waals surface area contributed by atoms with Crippen LogP contribution in [-0.4, -0.2) is 24.5 Å². The molecule has 0 fully saturated rings. The third kappa shape index (κ3) is 6.66. The number of rotatable bonds is 6. The van der Waals surface area contributed by atoms with Gasteiger partial charge in [0, 0.05) is 13.1 Å². The molecule has 0 saturated carbocycles. The van der Waals surface area contributed by atoms with E-state index in [1.807, 2.05) is 0 Å². The van der Waals surface area contributed by atoms with Crippen LogP contribution in [0.15, 0.2) is 0 Å². The highest BCUT2D eigenvalue weighted by Gasteiger charge is 2.07. The zero-order valence-electron chi connectivity index (χ0n) is 9.14. The van der Waals surface area contributed by atoms with Gasteiger partial charge < -0.3 is 4.90 Å². The van der Waals surface area contributed by atoms with Crippen molar-refractivity contribution in [3.05, 3.63) is 6.92 Å². The minimum Gasteiger partial charge on any atom is -0.303 e. The Morgan fingerprint density at radius 2 is 1.42 bits per heavy atom. The quantitative estimate of drug-likeness (QED) is 0.592. The maximum absolute atomic E-state index is 3.90. The molecule has 73 valence electrons. The third-order valence-corrected chi connectivity index (χ3v) is 1.72. The molecule has 0 N–H and O–H groups in total. The fourth-order valence-corrected chi connectivity index (χ4v) is 1.51. The van der Waals surface area contributed by atoms with Gasteiger partial charge >= 0.3 is 0 Å². The molecule has 0 aromatic carbocycles. The largest absolute Gasteiger partial charge is 0.303 e. The first-order valence-corrected chi connectivity index (χ1v) is 5.07. The highest BCUT2D eigenvalue weighted by molar-refractivity contribution is 4.62. The summed E-state index contributed by atoms with van der Waals surface area (Å²) in [6.45, 7) is 16.6. The van der Waals surface area contributed by atoms with Crippen LogP contribution < -0.4 is 0 Å². The van der Waals surface area contributed by atoms with Crippen molar-refractivity contribution in [2.75, 3.05) is 19.6 Å². The Morgan fingerprint density at radius 3 is 1.67 bits per heavy atom. The van der Waals surface area contributed by atoms with Crippen LogP contribution in [-0.2, 0) is 0 Å². The molecule has 0 heterocycles. The van der Waals surface area contributed by atoms with Gasteiger partial charge in [0.25, 0.3) is 0 Å². The van der Waals surface area contributed by atoms with Gasteiger partial charge in [-0.05, 0) is 24.8 Å². The second-order valence-electron chi connectivity index (χ2n) is 4.40. The number of hydrogen-bond acceptors (Lipinski definition) is 1. The molecule has 0 aliphatic heterocycles. The van der Waals surface area contributed by atoms with Gasteiger partial charge in [-0.25, -0.2) is 0 Å². The Bertz CT molecular complexity index is 87.2. The summed E-state index contributed by atoms with van der Waals surface area (Å²) in [6, 6.07) is 0. The number of hydrogen-bond donors (Lipinski definition) is 0. The topological polar surface area (TPSA) is 3.24 Å². The van der Waals surface area contributed by atoms with Gasteiger partial charge in [-0.3, -0.25) is 0 Å². The molecule has 1 nitrogen and oxygen atoms in total. The fourth-order valence-electron chi connectivity index (χ4n) is 1.51. The lowest BCUT2D eigenvalue weighted by Crippen LogP contribution is -2.32. The lowest BCUT2D eigenvalue weighted by Gasteiger charge is -2.25. The first-order chi connectivity index (χ1) is 5.56. The monoisotopic (exact) mass is 170 g/mol. The maximum Gasteiger partial charge on any atom is 0.000449 e. The molecule has 1 heteroatoms. The van der Waals surface area contributed by atoms with Crippen molar-refractivity contribution in [3.8, 4) is 0 Å². The smallest absolute Gasteiger partial charge is 0.000449 e. The fraction of sp³-hybridized carbons (Fsp3) is 0.909. The average Bonchev–Trinajstić information content (AvgIpc) is 1.84. The van der Waals surface area contributed by atoms with Gasteiger partial charge in [-0.1, -0.05) is 34.6 Å². The second-order valence-corrected chi connectivity index (χ2v) is 4.40. The van der Waals surface area contributed by atoms with Crippen LogP contribution in [0.1, 0.15) is 34.1 Å². The van der Waals surface area contributed by atoms with E-state index in [0.717, 1.165) is 24.8 Å². The summed E-state index contributed by atoms with van der Waals surface area (Å²) in [7, 11) is 0. The molecule has 0 saturated heterocycles. The Hall–Kier alpha value is -0.0400. The zero-order chi connectivity index (χ0) is 9.56. The van der Waals surface area contributed by atoms with E-state index < -0.39 is 0 Å². The van der Waals surface area contributed by atoms with Crippen molar-refractivity contribution in [2.24, 2.45) is 11.8 Å². The summed E-state index contributed by atoms with van der Waals surface area (Å²) in [6.07, 6.45) is 1.03. The van der Waals surface area contributed by atoms with Gasteiger partial charge in [0.05, 0.1) is 0 Å². The van der Waals surface area contributed by atoms with Gasteiger partial charge in [0.15, 0.2) is 0 Å². The van der Waals surface area contributed by atoms with Crippen LogP contribution in [0.5, 0.6) is 0 Å². The van der Waals surface area contributed by atoms with E-state index in [2.05, 4.69) is 39.5 Å². The molecular formula is C11H24N. The van der Waals surface area contributed by atoms with Crippen molar-refractivity contribution in [3.63, 3.8) is 0 Å². The van der Waals surface area contributed by atoms with Gasteiger partial charge in [0.1, 0.15) is 0 Å². The molecular weight excluding hydrogens is 146 g/mol. The van der Waals surface area contributed by atoms with E-state index in [4.69, 9.17) is 0 Å². The first kappa shape index (κ1) is 12.0. The normalized spacial score (nSPS) is 12.0. The first-order valence-electron chi connectivity index (χ1n) is 5.07. The van der Waals surface area contributed by atoms with Crippen molar-refractivity contribution in [1.29, 1.82) is 0 Å². The SMILES string of the molecule is [CH2]CCN(CC(C)C)CC(C)C. The van der Waals surface area contributed by atoms with Crippen molar-refractivity contribution in [2.45, 2.75) is 34.1 Å². The molecule has 0 aromatic rings. The minimum absolute atomic E-state index is 0.773. The summed E-state index contributed by atoms with van der Waals surface area (Å²) in [5.74, 6) is 1.55. The minimum atomic E-state index is 0.773. The van der Waals surface area contributed by atoms with E-state index in [1.165, 1.54) is 13.1 Å². The molecule has 1 radical (unpaired) electrons. The molecule has 0 unspecified atom stereocenters. The van der Waals surface area contributed by atoms with Crippen LogP contribution in [0.3, 0.4) is 0 Å². The Kier molecular flexibility index (Phi) is 6.45.